The molecule has 0 radical (unpaired) electrons. The first kappa shape index (κ1) is 9.20. The lowest BCUT2D eigenvalue weighted by atomic mass is 9.88. The molecule has 0 unspecified atom stereocenters. The van der Waals surface area contributed by atoms with Crippen molar-refractivity contribution >= 4 is 12.4 Å². The highest BCUT2D eigenvalue weighted by Crippen LogP contribution is 2.27. The van der Waals surface area contributed by atoms with E-state index in [4.69, 9.17) is 0 Å². The molecule has 0 aliphatic heterocycles. The van der Waals surface area contributed by atoms with Crippen LogP contribution in [-0.4, -0.2) is 6.29 Å². The molecule has 2 rings (SSSR count). The molecule has 0 saturated heterocycles. The van der Waals surface area contributed by atoms with Crippen LogP contribution in [-0.2, 0) is 11.2 Å². The van der Waals surface area contributed by atoms with Crippen LogP contribution in [0, 0.1) is 13.8 Å². The summed E-state index contributed by atoms with van der Waals surface area (Å²) >= 11 is 0. The predicted octanol–water partition coefficient (Wildman–Crippen LogP) is 2.83. The Kier molecular flexibility index (Phi) is 2.24. The Morgan fingerprint density at radius 2 is 2.00 bits per heavy atom. The van der Waals surface area contributed by atoms with Gasteiger partial charge in [0, 0.05) is 0 Å². The molecule has 0 heterocycles. The third-order valence-corrected chi connectivity index (χ3v) is 3.04. The normalized spacial score (nSPS) is 14.6. The molecule has 14 heavy (non-hydrogen) atoms. The van der Waals surface area contributed by atoms with Crippen LogP contribution in [0.15, 0.2) is 17.7 Å². The summed E-state index contributed by atoms with van der Waals surface area (Å²) in [5, 5.41) is 0. The second kappa shape index (κ2) is 3.41. The highest BCUT2D eigenvalue weighted by Gasteiger charge is 2.12. The third kappa shape index (κ3) is 1.39. The van der Waals surface area contributed by atoms with Gasteiger partial charge in [0.25, 0.3) is 0 Å². The van der Waals surface area contributed by atoms with Crippen LogP contribution < -0.4 is 0 Å². The highest BCUT2D eigenvalue weighted by atomic mass is 16.1. The zero-order valence-electron chi connectivity index (χ0n) is 8.63. The van der Waals surface area contributed by atoms with Gasteiger partial charge >= 0.3 is 0 Å². The number of rotatable bonds is 1. The van der Waals surface area contributed by atoms with Gasteiger partial charge in [-0.2, -0.15) is 0 Å². The molecule has 1 nitrogen and oxygen atoms in total. The zero-order chi connectivity index (χ0) is 10.1. The van der Waals surface area contributed by atoms with Crippen molar-refractivity contribution in [3.63, 3.8) is 0 Å². The monoisotopic (exact) mass is 186 g/mol. The van der Waals surface area contributed by atoms with Crippen LogP contribution in [0.3, 0.4) is 0 Å². The first-order valence-electron chi connectivity index (χ1n) is 4.97. The molecule has 0 spiro atoms. The summed E-state index contributed by atoms with van der Waals surface area (Å²) < 4.78 is 0. The fourth-order valence-electron chi connectivity index (χ4n) is 1.94. The van der Waals surface area contributed by atoms with E-state index in [1.54, 1.807) is 0 Å². The molecule has 0 saturated carbocycles. The van der Waals surface area contributed by atoms with Gasteiger partial charge in [-0.1, -0.05) is 12.1 Å². The van der Waals surface area contributed by atoms with E-state index >= 15 is 0 Å². The van der Waals surface area contributed by atoms with E-state index in [-0.39, 0.29) is 0 Å². The lowest BCUT2D eigenvalue weighted by Crippen LogP contribution is -2.02. The summed E-state index contributed by atoms with van der Waals surface area (Å²) in [6, 6.07) is 4.34. The molecule has 0 N–H and O–H groups in total. The largest absolute Gasteiger partial charge is 0.298 e. The summed E-state index contributed by atoms with van der Waals surface area (Å²) in [5.41, 5.74) is 6.16. The number of aldehydes is 1. The van der Waals surface area contributed by atoms with Crippen molar-refractivity contribution in [2.24, 2.45) is 0 Å². The van der Waals surface area contributed by atoms with Gasteiger partial charge in [0.2, 0.25) is 0 Å². The maximum absolute atomic E-state index is 10.7. The Bertz CT molecular complexity index is 413. The number of carbonyl (C=O) groups excluding carboxylic acids is 1. The van der Waals surface area contributed by atoms with E-state index in [0.717, 1.165) is 24.7 Å². The number of carbonyl (C=O) groups is 1. The second-order valence-corrected chi connectivity index (χ2v) is 3.92. The molecule has 0 aromatic heterocycles. The molecule has 72 valence electrons. The van der Waals surface area contributed by atoms with Gasteiger partial charge in [-0.05, 0) is 60.6 Å². The molecule has 0 atom stereocenters. The van der Waals surface area contributed by atoms with Gasteiger partial charge in [0.15, 0.2) is 0 Å². The first-order valence-corrected chi connectivity index (χ1v) is 4.97. The quantitative estimate of drug-likeness (QED) is 0.616. The van der Waals surface area contributed by atoms with E-state index < -0.39 is 0 Å². The summed E-state index contributed by atoms with van der Waals surface area (Å²) in [5.74, 6) is 0. The van der Waals surface area contributed by atoms with E-state index in [0.29, 0.717) is 0 Å². The van der Waals surface area contributed by atoms with Crippen LogP contribution in [0.5, 0.6) is 0 Å². The number of aryl methyl sites for hydroxylation is 2. The van der Waals surface area contributed by atoms with Crippen LogP contribution >= 0.6 is 0 Å². The van der Waals surface area contributed by atoms with Gasteiger partial charge in [-0.25, -0.2) is 0 Å². The number of fused-ring (bicyclic) bond motifs is 1. The van der Waals surface area contributed by atoms with Crippen molar-refractivity contribution in [2.75, 3.05) is 0 Å². The lowest BCUT2D eigenvalue weighted by Gasteiger charge is -2.16. The molecule has 0 bridgehead atoms. The number of allylic oxidation sites excluding steroid dienone is 1. The molecular weight excluding hydrogens is 172 g/mol. The third-order valence-electron chi connectivity index (χ3n) is 3.04. The van der Waals surface area contributed by atoms with E-state index in [9.17, 15) is 4.79 Å². The molecule has 0 amide bonds. The standard InChI is InChI=1S/C13H14O/c1-9-3-5-12-6-4-11(8-14)7-13(12)10(9)2/h3,5,7-8H,4,6H2,1-2H3. The summed E-state index contributed by atoms with van der Waals surface area (Å²) in [6.45, 7) is 4.23. The zero-order valence-corrected chi connectivity index (χ0v) is 8.63. The van der Waals surface area contributed by atoms with E-state index in [1.807, 2.05) is 6.08 Å². The Balaban J connectivity index is 2.60. The summed E-state index contributed by atoms with van der Waals surface area (Å²) in [4.78, 5) is 10.7. The Hall–Kier alpha value is -1.37. The molecule has 1 aliphatic carbocycles. The van der Waals surface area contributed by atoms with Crippen molar-refractivity contribution in [1.29, 1.82) is 0 Å². The molecule has 1 aliphatic rings. The minimum atomic E-state index is 0.888. The van der Waals surface area contributed by atoms with Crippen molar-refractivity contribution in [3.05, 3.63) is 40.0 Å². The van der Waals surface area contributed by atoms with Crippen LogP contribution in [0.4, 0.5) is 0 Å². The van der Waals surface area contributed by atoms with E-state index in [2.05, 4.69) is 26.0 Å². The molecule has 1 heteroatoms. The van der Waals surface area contributed by atoms with Gasteiger partial charge in [0.1, 0.15) is 6.29 Å². The maximum atomic E-state index is 10.7. The van der Waals surface area contributed by atoms with Crippen LogP contribution in [0.25, 0.3) is 6.08 Å². The first-order chi connectivity index (χ1) is 6.72. The van der Waals surface area contributed by atoms with E-state index in [1.165, 1.54) is 22.3 Å². The molecule has 0 fully saturated rings. The topological polar surface area (TPSA) is 17.1 Å². The Morgan fingerprint density at radius 3 is 2.71 bits per heavy atom. The van der Waals surface area contributed by atoms with Crippen LogP contribution in [0.2, 0.25) is 0 Å². The van der Waals surface area contributed by atoms with Gasteiger partial charge in [-0.15, -0.1) is 0 Å². The highest BCUT2D eigenvalue weighted by molar-refractivity contribution is 5.84. The minimum Gasteiger partial charge on any atom is -0.298 e. The fraction of sp³-hybridized carbons (Fsp3) is 0.308. The minimum absolute atomic E-state index is 0.888. The average Bonchev–Trinajstić information content (AvgIpc) is 2.23. The van der Waals surface area contributed by atoms with Crippen molar-refractivity contribution in [2.45, 2.75) is 26.7 Å². The van der Waals surface area contributed by atoms with Gasteiger partial charge < -0.3 is 0 Å². The lowest BCUT2D eigenvalue weighted by molar-refractivity contribution is -0.105. The summed E-state index contributed by atoms with van der Waals surface area (Å²) in [6.07, 6.45) is 4.90. The predicted molar refractivity (Wildman–Crippen MR) is 58.3 cm³/mol. The Morgan fingerprint density at radius 1 is 1.21 bits per heavy atom. The summed E-state index contributed by atoms with van der Waals surface area (Å²) in [7, 11) is 0. The maximum Gasteiger partial charge on any atom is 0.146 e. The Labute approximate surface area is 84.5 Å². The molecular formula is C13H14O. The molecule has 1 aromatic carbocycles. The molecule has 1 aromatic rings. The van der Waals surface area contributed by atoms with Crippen molar-refractivity contribution < 1.29 is 4.79 Å². The average molecular weight is 186 g/mol. The van der Waals surface area contributed by atoms with Crippen molar-refractivity contribution in [1.82, 2.24) is 0 Å². The SMILES string of the molecule is Cc1ccc2c(c1C)C=C(C=O)CC2. The number of hydrogen-bond acceptors (Lipinski definition) is 1. The number of benzene rings is 1. The fourth-order valence-corrected chi connectivity index (χ4v) is 1.94. The van der Waals surface area contributed by atoms with Gasteiger partial charge in [-0.3, -0.25) is 4.79 Å². The van der Waals surface area contributed by atoms with Crippen molar-refractivity contribution in [3.8, 4) is 0 Å². The van der Waals surface area contributed by atoms with Crippen LogP contribution in [0.1, 0.15) is 28.7 Å². The number of hydrogen-bond donors (Lipinski definition) is 0. The second-order valence-electron chi connectivity index (χ2n) is 3.92. The van der Waals surface area contributed by atoms with Gasteiger partial charge in [0.05, 0.1) is 0 Å². The smallest absolute Gasteiger partial charge is 0.146 e.